The summed E-state index contributed by atoms with van der Waals surface area (Å²) in [6.07, 6.45) is -0.257. The predicted octanol–water partition coefficient (Wildman–Crippen LogP) is 4.74. The van der Waals surface area contributed by atoms with Crippen LogP contribution in [0.15, 0.2) is 54.2 Å². The number of aromatic hydroxyl groups is 1. The first kappa shape index (κ1) is 20.4. The number of carbonyl (C=O) groups excluding carboxylic acids is 2. The number of alkyl halides is 4. The van der Waals surface area contributed by atoms with Gasteiger partial charge in [-0.05, 0) is 48.8 Å². The third kappa shape index (κ3) is 3.30. The Bertz CT molecular complexity index is 932. The van der Waals surface area contributed by atoms with E-state index < -0.39 is 34.1 Å². The molecule has 2 aliphatic rings. The standard InChI is InChI=1S/C20H16BrF3O4/c1-3-11-4-6-14-18(27)10(2)8-16(26)19(14,21)17(11)13-9-12(5-7-15(13)25)28-20(22,23)24/h3-5,7-9,14,17,25H,1,6H2,2H3/t14-,17+,19+/m0/s1. The largest absolute Gasteiger partial charge is 0.573 e. The van der Waals surface area contributed by atoms with E-state index in [0.29, 0.717) is 11.1 Å². The number of ether oxygens (including phenoxy) is 1. The smallest absolute Gasteiger partial charge is 0.508 e. The van der Waals surface area contributed by atoms with Crippen LogP contribution >= 0.6 is 15.9 Å². The van der Waals surface area contributed by atoms with Crippen molar-refractivity contribution < 1.29 is 32.6 Å². The minimum Gasteiger partial charge on any atom is -0.508 e. The number of carbonyl (C=O) groups is 2. The topological polar surface area (TPSA) is 63.6 Å². The molecule has 28 heavy (non-hydrogen) atoms. The third-order valence-electron chi connectivity index (χ3n) is 5.06. The molecule has 0 fully saturated rings. The number of benzene rings is 1. The molecule has 0 aromatic heterocycles. The number of hydrogen-bond donors (Lipinski definition) is 1. The quantitative estimate of drug-likeness (QED) is 0.667. The van der Waals surface area contributed by atoms with Crippen molar-refractivity contribution in [3.8, 4) is 11.5 Å². The van der Waals surface area contributed by atoms with Gasteiger partial charge in [0.25, 0.3) is 0 Å². The summed E-state index contributed by atoms with van der Waals surface area (Å²) in [6, 6.07) is 3.06. The number of Topliss-reactive ketones (excluding diaryl/α,β-unsaturated/α-hetero) is 1. The van der Waals surface area contributed by atoms with Crippen molar-refractivity contribution in [3.05, 3.63) is 59.7 Å². The van der Waals surface area contributed by atoms with Gasteiger partial charge in [0.2, 0.25) is 0 Å². The van der Waals surface area contributed by atoms with Gasteiger partial charge in [0.1, 0.15) is 15.8 Å². The summed E-state index contributed by atoms with van der Waals surface area (Å²) in [4.78, 5) is 25.6. The summed E-state index contributed by atoms with van der Waals surface area (Å²) in [5.74, 6) is -3.18. The minimum absolute atomic E-state index is 0.0311. The molecule has 0 amide bonds. The third-order valence-corrected chi connectivity index (χ3v) is 6.46. The van der Waals surface area contributed by atoms with E-state index in [-0.39, 0.29) is 23.5 Å². The Hall–Kier alpha value is -2.35. The van der Waals surface area contributed by atoms with Crippen molar-refractivity contribution in [2.24, 2.45) is 5.92 Å². The Labute approximate surface area is 167 Å². The number of rotatable bonds is 3. The molecule has 0 aliphatic heterocycles. The summed E-state index contributed by atoms with van der Waals surface area (Å²) >= 11 is 3.43. The Kier molecular flexibility index (Phi) is 5.04. The van der Waals surface area contributed by atoms with E-state index in [4.69, 9.17) is 0 Å². The molecule has 1 aromatic rings. The van der Waals surface area contributed by atoms with E-state index >= 15 is 0 Å². The van der Waals surface area contributed by atoms with Crippen molar-refractivity contribution in [2.75, 3.05) is 0 Å². The molecule has 0 radical (unpaired) electrons. The van der Waals surface area contributed by atoms with Crippen LogP contribution in [0.1, 0.15) is 24.8 Å². The zero-order chi connectivity index (χ0) is 20.9. The average molecular weight is 457 g/mol. The van der Waals surface area contributed by atoms with Gasteiger partial charge < -0.3 is 9.84 Å². The SMILES string of the molecule is C=CC1=CC[C@H]2C(=O)C(C)=CC(=O)[C@@]2(Br)[C@H]1c1cc(OC(F)(F)F)ccc1O. The van der Waals surface area contributed by atoms with Crippen LogP contribution in [-0.4, -0.2) is 27.4 Å². The lowest BCUT2D eigenvalue weighted by molar-refractivity contribution is -0.274. The number of fused-ring (bicyclic) bond motifs is 1. The number of ketones is 2. The molecule has 0 heterocycles. The zero-order valence-electron chi connectivity index (χ0n) is 14.7. The first-order valence-electron chi connectivity index (χ1n) is 8.36. The summed E-state index contributed by atoms with van der Waals surface area (Å²) in [5, 5.41) is 10.4. The highest BCUT2D eigenvalue weighted by molar-refractivity contribution is 9.10. The van der Waals surface area contributed by atoms with E-state index in [0.717, 1.165) is 18.2 Å². The summed E-state index contributed by atoms with van der Waals surface area (Å²) < 4.78 is 40.4. The molecule has 0 bridgehead atoms. The summed E-state index contributed by atoms with van der Waals surface area (Å²) in [5.41, 5.74) is 0.864. The first-order valence-corrected chi connectivity index (χ1v) is 9.15. The summed E-state index contributed by atoms with van der Waals surface area (Å²) in [7, 11) is 0. The lowest BCUT2D eigenvalue weighted by Gasteiger charge is -2.45. The Morgan fingerprint density at radius 1 is 1.36 bits per heavy atom. The molecule has 3 rings (SSSR count). The van der Waals surface area contributed by atoms with Gasteiger partial charge in [-0.1, -0.05) is 34.7 Å². The molecule has 1 N–H and O–H groups in total. The maximum absolute atomic E-state index is 12.9. The van der Waals surface area contributed by atoms with Crippen LogP contribution in [0.3, 0.4) is 0 Å². The van der Waals surface area contributed by atoms with E-state index in [1.807, 2.05) is 0 Å². The molecule has 0 saturated heterocycles. The maximum atomic E-state index is 12.9. The monoisotopic (exact) mass is 456 g/mol. The second kappa shape index (κ2) is 6.92. The van der Waals surface area contributed by atoms with Gasteiger partial charge in [-0.25, -0.2) is 0 Å². The highest BCUT2D eigenvalue weighted by Crippen LogP contribution is 2.55. The number of phenolic OH excluding ortho intramolecular Hbond substituents is 1. The van der Waals surface area contributed by atoms with Crippen molar-refractivity contribution >= 4 is 27.5 Å². The van der Waals surface area contributed by atoms with Gasteiger partial charge in [0.15, 0.2) is 11.6 Å². The molecule has 4 nitrogen and oxygen atoms in total. The second-order valence-corrected chi connectivity index (χ2v) is 8.03. The van der Waals surface area contributed by atoms with Crippen LogP contribution in [-0.2, 0) is 9.59 Å². The fraction of sp³-hybridized carbons (Fsp3) is 0.300. The van der Waals surface area contributed by atoms with Gasteiger partial charge in [0.05, 0.1) is 0 Å². The van der Waals surface area contributed by atoms with Crippen LogP contribution in [0, 0.1) is 5.92 Å². The minimum atomic E-state index is -4.91. The lowest BCUT2D eigenvalue weighted by atomic mass is 9.62. The lowest BCUT2D eigenvalue weighted by Crippen LogP contribution is -2.52. The fourth-order valence-corrected chi connectivity index (χ4v) is 4.84. The molecule has 0 unspecified atom stereocenters. The van der Waals surface area contributed by atoms with Crippen LogP contribution in [0.25, 0.3) is 0 Å². The van der Waals surface area contributed by atoms with E-state index in [9.17, 15) is 27.9 Å². The Morgan fingerprint density at radius 2 is 2.04 bits per heavy atom. The fourth-order valence-electron chi connectivity index (χ4n) is 3.82. The van der Waals surface area contributed by atoms with Crippen molar-refractivity contribution in [1.82, 2.24) is 0 Å². The van der Waals surface area contributed by atoms with Crippen LogP contribution in [0.2, 0.25) is 0 Å². The number of halogens is 4. The van der Waals surface area contributed by atoms with E-state index in [2.05, 4.69) is 27.2 Å². The van der Waals surface area contributed by atoms with E-state index in [1.54, 1.807) is 13.0 Å². The highest BCUT2D eigenvalue weighted by Gasteiger charge is 2.57. The average Bonchev–Trinajstić information content (AvgIpc) is 2.60. The molecule has 3 atom stereocenters. The number of phenols is 1. The normalized spacial score (nSPS) is 27.6. The Balaban J connectivity index is 2.20. The van der Waals surface area contributed by atoms with E-state index in [1.165, 1.54) is 12.2 Å². The molecule has 1 aromatic carbocycles. The van der Waals surface area contributed by atoms with Crippen molar-refractivity contribution in [1.29, 1.82) is 0 Å². The van der Waals surface area contributed by atoms with Gasteiger partial charge in [-0.3, -0.25) is 9.59 Å². The molecular formula is C20H16BrF3O4. The predicted molar refractivity (Wildman–Crippen MR) is 99.3 cm³/mol. The molecule has 8 heteroatoms. The first-order chi connectivity index (χ1) is 13.0. The van der Waals surface area contributed by atoms with Gasteiger partial charge in [0, 0.05) is 17.4 Å². The molecular weight excluding hydrogens is 441 g/mol. The molecule has 148 valence electrons. The van der Waals surface area contributed by atoms with Gasteiger partial charge >= 0.3 is 6.36 Å². The van der Waals surface area contributed by atoms with Crippen LogP contribution in [0.4, 0.5) is 13.2 Å². The molecule has 0 saturated carbocycles. The van der Waals surface area contributed by atoms with Gasteiger partial charge in [-0.2, -0.15) is 0 Å². The van der Waals surface area contributed by atoms with Crippen LogP contribution in [0.5, 0.6) is 11.5 Å². The second-order valence-electron chi connectivity index (χ2n) is 6.72. The van der Waals surface area contributed by atoms with Gasteiger partial charge in [-0.15, -0.1) is 13.2 Å². The Morgan fingerprint density at radius 3 is 2.64 bits per heavy atom. The molecule has 2 aliphatic carbocycles. The maximum Gasteiger partial charge on any atom is 0.573 e. The molecule has 0 spiro atoms. The van der Waals surface area contributed by atoms with Crippen molar-refractivity contribution in [3.63, 3.8) is 0 Å². The number of allylic oxidation sites excluding steroid dienone is 5. The summed E-state index contributed by atoms with van der Waals surface area (Å²) in [6.45, 7) is 5.25. The highest BCUT2D eigenvalue weighted by atomic mass is 79.9. The zero-order valence-corrected chi connectivity index (χ0v) is 16.3. The number of hydrogen-bond acceptors (Lipinski definition) is 4. The van der Waals surface area contributed by atoms with Crippen molar-refractivity contribution in [2.45, 2.75) is 29.9 Å². The van der Waals surface area contributed by atoms with Crippen LogP contribution < -0.4 is 4.74 Å².